The Bertz CT molecular complexity index is 1130. The molecule has 1 saturated carbocycles. The van der Waals surface area contributed by atoms with Gasteiger partial charge in [-0.25, -0.2) is 13.2 Å². The van der Waals surface area contributed by atoms with Crippen molar-refractivity contribution in [3.05, 3.63) is 60.2 Å². The molecule has 2 aromatic carbocycles. The summed E-state index contributed by atoms with van der Waals surface area (Å²) in [6.07, 6.45) is 3.36. The first-order valence-electron chi connectivity index (χ1n) is 13.7. The van der Waals surface area contributed by atoms with Crippen LogP contribution in [0.2, 0.25) is 0 Å². The van der Waals surface area contributed by atoms with E-state index in [-0.39, 0.29) is 30.0 Å². The van der Waals surface area contributed by atoms with Crippen LogP contribution in [0.3, 0.4) is 0 Å². The number of hydrogen-bond acceptors (Lipinski definition) is 7. The number of aliphatic hydroxyl groups is 1. The molecule has 2 aromatic rings. The number of rotatable bonds is 13. The lowest BCUT2D eigenvalue weighted by atomic mass is 10.1. The standard InChI is InChI=1S/C29H40N2O7S/c1-36-26-11-13-28(14-12-26)39(34,35)31(19-24-9-5-6-10-24)21-25(32)20-30(17-15-23-7-3-2-4-8-23)29(33)38-27-16-18-37-22-27/h2-4,7-8,11-14,24-25,27,32H,5-6,9-10,15-22H2,1H3/t25-,27-/m0/s1. The average molecular weight is 561 g/mol. The summed E-state index contributed by atoms with van der Waals surface area (Å²) in [6.45, 7) is 1.41. The van der Waals surface area contributed by atoms with Crippen LogP contribution < -0.4 is 4.74 Å². The van der Waals surface area contributed by atoms with E-state index in [1.807, 2.05) is 30.3 Å². The lowest BCUT2D eigenvalue weighted by Gasteiger charge is -2.30. The smallest absolute Gasteiger partial charge is 0.410 e. The summed E-state index contributed by atoms with van der Waals surface area (Å²) in [5, 5.41) is 11.2. The number of sulfonamides is 1. The van der Waals surface area contributed by atoms with Gasteiger partial charge in [-0.1, -0.05) is 43.2 Å². The molecule has 1 aliphatic heterocycles. The molecule has 2 fully saturated rings. The zero-order chi connectivity index (χ0) is 27.7. The van der Waals surface area contributed by atoms with Crippen LogP contribution in [0, 0.1) is 5.92 Å². The molecule has 0 aromatic heterocycles. The predicted octanol–water partition coefficient (Wildman–Crippen LogP) is 3.71. The third kappa shape index (κ3) is 8.41. The first-order chi connectivity index (χ1) is 18.8. The highest BCUT2D eigenvalue weighted by atomic mass is 32.2. The minimum Gasteiger partial charge on any atom is -0.497 e. The molecule has 0 radical (unpaired) electrons. The maximum absolute atomic E-state index is 13.7. The number of benzene rings is 2. The van der Waals surface area contributed by atoms with E-state index in [2.05, 4.69) is 0 Å². The van der Waals surface area contributed by atoms with Crippen LogP contribution >= 0.6 is 0 Å². The largest absolute Gasteiger partial charge is 0.497 e. The predicted molar refractivity (Wildman–Crippen MR) is 147 cm³/mol. The van der Waals surface area contributed by atoms with Gasteiger partial charge in [0.15, 0.2) is 0 Å². The molecule has 0 bridgehead atoms. The van der Waals surface area contributed by atoms with E-state index in [0.29, 0.717) is 44.9 Å². The Kier molecular flexibility index (Phi) is 10.6. The minimum atomic E-state index is -3.87. The molecule has 4 rings (SSSR count). The van der Waals surface area contributed by atoms with E-state index >= 15 is 0 Å². The molecule has 1 N–H and O–H groups in total. The van der Waals surface area contributed by atoms with Gasteiger partial charge in [0, 0.05) is 26.1 Å². The molecule has 0 unspecified atom stereocenters. The number of ether oxygens (including phenoxy) is 3. The minimum absolute atomic E-state index is 0.0431. The van der Waals surface area contributed by atoms with Gasteiger partial charge >= 0.3 is 6.09 Å². The molecule has 9 nitrogen and oxygen atoms in total. The Morgan fingerprint density at radius 2 is 1.77 bits per heavy atom. The first kappa shape index (κ1) is 29.3. The van der Waals surface area contributed by atoms with Crippen molar-refractivity contribution in [2.75, 3.05) is 46.5 Å². The number of methoxy groups -OCH3 is 1. The number of amides is 1. The van der Waals surface area contributed by atoms with E-state index in [1.54, 1.807) is 12.1 Å². The second-order valence-corrected chi connectivity index (χ2v) is 12.3. The quantitative estimate of drug-likeness (QED) is 0.398. The fourth-order valence-electron chi connectivity index (χ4n) is 5.18. The van der Waals surface area contributed by atoms with Crippen molar-refractivity contribution in [3.8, 4) is 5.75 Å². The summed E-state index contributed by atoms with van der Waals surface area (Å²) in [5.41, 5.74) is 1.05. The van der Waals surface area contributed by atoms with Crippen molar-refractivity contribution in [2.45, 2.75) is 55.6 Å². The number of carbonyl (C=O) groups is 1. The molecule has 1 aliphatic carbocycles. The maximum Gasteiger partial charge on any atom is 0.410 e. The van der Waals surface area contributed by atoms with Crippen molar-refractivity contribution >= 4 is 16.1 Å². The normalized spacial score (nSPS) is 18.8. The summed E-state index contributed by atoms with van der Waals surface area (Å²) < 4.78 is 44.9. The van der Waals surface area contributed by atoms with E-state index in [1.165, 1.54) is 28.4 Å². The third-order valence-electron chi connectivity index (χ3n) is 7.41. The average Bonchev–Trinajstić information content (AvgIpc) is 3.66. The molecule has 2 atom stereocenters. The Balaban J connectivity index is 1.47. The number of aliphatic hydroxyl groups excluding tert-OH is 1. The van der Waals surface area contributed by atoms with E-state index in [0.717, 1.165) is 31.2 Å². The Morgan fingerprint density at radius 3 is 2.41 bits per heavy atom. The Hall–Kier alpha value is -2.66. The van der Waals surface area contributed by atoms with Crippen LogP contribution in [0.25, 0.3) is 0 Å². The van der Waals surface area contributed by atoms with Gasteiger partial charge in [-0.15, -0.1) is 0 Å². The second-order valence-electron chi connectivity index (χ2n) is 10.4. The maximum atomic E-state index is 13.7. The van der Waals surface area contributed by atoms with Crippen LogP contribution in [0.1, 0.15) is 37.7 Å². The Morgan fingerprint density at radius 1 is 1.05 bits per heavy atom. The van der Waals surface area contributed by atoms with Crippen molar-refractivity contribution in [1.29, 1.82) is 0 Å². The number of hydrogen-bond donors (Lipinski definition) is 1. The molecule has 1 saturated heterocycles. The zero-order valence-corrected chi connectivity index (χ0v) is 23.4. The molecule has 1 heterocycles. The summed E-state index contributed by atoms with van der Waals surface area (Å²) in [7, 11) is -2.34. The highest BCUT2D eigenvalue weighted by molar-refractivity contribution is 7.89. The van der Waals surface area contributed by atoms with Gasteiger partial charge in [-0.05, 0) is 55.0 Å². The van der Waals surface area contributed by atoms with Crippen LogP contribution in [0.15, 0.2) is 59.5 Å². The highest BCUT2D eigenvalue weighted by Gasteiger charge is 2.32. The molecule has 2 aliphatic rings. The number of carbonyl (C=O) groups excluding carboxylic acids is 1. The van der Waals surface area contributed by atoms with Crippen LogP contribution in [0.4, 0.5) is 4.79 Å². The monoisotopic (exact) mass is 560 g/mol. The lowest BCUT2D eigenvalue weighted by molar-refractivity contribution is 0.0372. The van der Waals surface area contributed by atoms with Gasteiger partial charge in [-0.3, -0.25) is 0 Å². The van der Waals surface area contributed by atoms with Gasteiger partial charge < -0.3 is 24.2 Å². The molecule has 10 heteroatoms. The van der Waals surface area contributed by atoms with E-state index < -0.39 is 22.2 Å². The fourth-order valence-corrected chi connectivity index (χ4v) is 6.74. The molecule has 214 valence electrons. The van der Waals surface area contributed by atoms with Crippen LogP contribution in [0.5, 0.6) is 5.75 Å². The fraction of sp³-hybridized carbons (Fsp3) is 0.552. The Labute approximate surface area is 231 Å². The van der Waals surface area contributed by atoms with E-state index in [9.17, 15) is 18.3 Å². The number of nitrogens with zero attached hydrogens (tertiary/aromatic N) is 2. The highest BCUT2D eigenvalue weighted by Crippen LogP contribution is 2.28. The van der Waals surface area contributed by atoms with Crippen LogP contribution in [-0.2, 0) is 25.9 Å². The topological polar surface area (TPSA) is 106 Å². The van der Waals surface area contributed by atoms with Gasteiger partial charge in [0.2, 0.25) is 10.0 Å². The van der Waals surface area contributed by atoms with Crippen molar-refractivity contribution in [2.24, 2.45) is 5.92 Å². The molecule has 1 amide bonds. The molecular formula is C29H40N2O7S. The SMILES string of the molecule is COc1ccc(S(=O)(=O)N(CC2CCCC2)C[C@@H](O)CN(CCc2ccccc2)C(=O)O[C@H]2CCOC2)cc1. The summed E-state index contributed by atoms with van der Waals surface area (Å²) in [5.74, 6) is 0.809. The summed E-state index contributed by atoms with van der Waals surface area (Å²) in [4.78, 5) is 14.7. The second kappa shape index (κ2) is 14.1. The van der Waals surface area contributed by atoms with Crippen molar-refractivity contribution < 1.29 is 32.5 Å². The molecule has 0 spiro atoms. The molecular weight excluding hydrogens is 520 g/mol. The van der Waals surface area contributed by atoms with Crippen molar-refractivity contribution in [1.82, 2.24) is 9.21 Å². The summed E-state index contributed by atoms with van der Waals surface area (Å²) in [6, 6.07) is 16.1. The zero-order valence-electron chi connectivity index (χ0n) is 22.6. The summed E-state index contributed by atoms with van der Waals surface area (Å²) >= 11 is 0. The molecule has 39 heavy (non-hydrogen) atoms. The van der Waals surface area contributed by atoms with Gasteiger partial charge in [0.25, 0.3) is 0 Å². The van der Waals surface area contributed by atoms with Crippen LogP contribution in [-0.4, -0.2) is 87.5 Å². The van der Waals surface area contributed by atoms with Crippen molar-refractivity contribution in [3.63, 3.8) is 0 Å². The van der Waals surface area contributed by atoms with E-state index in [4.69, 9.17) is 14.2 Å². The van der Waals surface area contributed by atoms with Gasteiger partial charge in [-0.2, -0.15) is 4.31 Å². The van der Waals surface area contributed by atoms with Gasteiger partial charge in [0.1, 0.15) is 11.9 Å². The lowest BCUT2D eigenvalue weighted by Crippen LogP contribution is -2.46. The third-order valence-corrected chi connectivity index (χ3v) is 9.25. The first-order valence-corrected chi connectivity index (χ1v) is 15.2. The van der Waals surface area contributed by atoms with Gasteiger partial charge in [0.05, 0.1) is 37.9 Å².